The van der Waals surface area contributed by atoms with Crippen LogP contribution < -0.4 is 5.32 Å². The molecule has 0 aliphatic carbocycles. The maximum Gasteiger partial charge on any atom is 0.313 e. The fourth-order valence-electron chi connectivity index (χ4n) is 2.94. The van der Waals surface area contributed by atoms with E-state index in [0.29, 0.717) is 0 Å². The Kier molecular flexibility index (Phi) is 7.44. The summed E-state index contributed by atoms with van der Waals surface area (Å²) >= 11 is 0. The number of hydrogen-bond acceptors (Lipinski definition) is 3. The molecule has 3 nitrogen and oxygen atoms in total. The Balaban J connectivity index is 2.35. The normalized spacial score (nSPS) is 24.4. The Labute approximate surface area is 118 Å². The number of hydrogen-bond donors (Lipinski definition) is 1. The summed E-state index contributed by atoms with van der Waals surface area (Å²) in [5.74, 6) is 0.0299. The number of esters is 1. The average molecular weight is 269 g/mol. The Morgan fingerprint density at radius 3 is 2.63 bits per heavy atom. The second-order valence-electron chi connectivity index (χ2n) is 6.02. The predicted molar refractivity (Wildman–Crippen MR) is 79.1 cm³/mol. The predicted octanol–water partition coefficient (Wildman–Crippen LogP) is 3.67. The van der Waals surface area contributed by atoms with Crippen LogP contribution >= 0.6 is 0 Å². The number of carbonyl (C=O) groups excluding carboxylic acids is 1. The first-order valence-corrected chi connectivity index (χ1v) is 8.06. The summed E-state index contributed by atoms with van der Waals surface area (Å²) < 4.78 is 5.69. The third-order valence-corrected chi connectivity index (χ3v) is 4.18. The molecular weight excluding hydrogens is 238 g/mol. The largest absolute Gasteiger partial charge is 0.462 e. The van der Waals surface area contributed by atoms with Crippen molar-refractivity contribution in [2.24, 2.45) is 5.41 Å². The van der Waals surface area contributed by atoms with Crippen molar-refractivity contribution in [1.82, 2.24) is 5.32 Å². The van der Waals surface area contributed by atoms with Gasteiger partial charge in [0.15, 0.2) is 0 Å². The Morgan fingerprint density at radius 2 is 2.05 bits per heavy atom. The molecule has 19 heavy (non-hydrogen) atoms. The Hall–Kier alpha value is -0.570. The zero-order valence-corrected chi connectivity index (χ0v) is 13.0. The van der Waals surface area contributed by atoms with Crippen LogP contribution in [0.4, 0.5) is 0 Å². The highest BCUT2D eigenvalue weighted by Crippen LogP contribution is 2.33. The minimum atomic E-state index is -0.244. The number of ether oxygens (including phenoxy) is 1. The molecule has 1 rings (SSSR count). The molecule has 0 radical (unpaired) electrons. The molecule has 0 bridgehead atoms. The molecule has 3 heteroatoms. The maximum absolute atomic E-state index is 12.4. The van der Waals surface area contributed by atoms with Gasteiger partial charge in [-0.1, -0.05) is 39.5 Å². The van der Waals surface area contributed by atoms with Gasteiger partial charge in [-0.05, 0) is 39.2 Å². The summed E-state index contributed by atoms with van der Waals surface area (Å²) in [6.07, 6.45) is 8.94. The molecule has 0 amide bonds. The number of rotatable bonds is 9. The van der Waals surface area contributed by atoms with Crippen LogP contribution in [0.2, 0.25) is 0 Å². The first kappa shape index (κ1) is 16.5. The van der Waals surface area contributed by atoms with Crippen LogP contribution in [0, 0.1) is 5.41 Å². The highest BCUT2D eigenvalue weighted by molar-refractivity contribution is 5.77. The van der Waals surface area contributed by atoms with Crippen molar-refractivity contribution < 1.29 is 9.53 Å². The molecule has 1 saturated heterocycles. The first-order valence-electron chi connectivity index (χ1n) is 8.06. The van der Waals surface area contributed by atoms with Gasteiger partial charge in [0.25, 0.3) is 0 Å². The van der Waals surface area contributed by atoms with Crippen LogP contribution in [-0.2, 0) is 9.53 Å². The van der Waals surface area contributed by atoms with E-state index in [1.807, 2.05) is 6.92 Å². The van der Waals surface area contributed by atoms with Crippen LogP contribution in [0.5, 0.6) is 0 Å². The van der Waals surface area contributed by atoms with Crippen molar-refractivity contribution in [2.75, 3.05) is 13.1 Å². The summed E-state index contributed by atoms with van der Waals surface area (Å²) in [6, 6.07) is 0. The molecule has 1 aliphatic heterocycles. The fraction of sp³-hybridized carbons (Fsp3) is 0.938. The standard InChI is InChI=1S/C16H31NO2/c1-4-6-7-8-9-14(3)19-15(18)16(10-5-2)11-12-17-13-16/h14,17H,4-13H2,1-3H3. The molecule has 0 aromatic carbocycles. The molecule has 0 spiro atoms. The summed E-state index contributed by atoms with van der Waals surface area (Å²) in [7, 11) is 0. The lowest BCUT2D eigenvalue weighted by molar-refractivity contribution is -0.160. The van der Waals surface area contributed by atoms with Crippen molar-refractivity contribution in [1.29, 1.82) is 0 Å². The van der Waals surface area contributed by atoms with E-state index in [0.717, 1.165) is 38.8 Å². The molecule has 2 unspecified atom stereocenters. The maximum atomic E-state index is 12.4. The van der Waals surface area contributed by atoms with E-state index in [-0.39, 0.29) is 17.5 Å². The topological polar surface area (TPSA) is 38.3 Å². The molecule has 112 valence electrons. The molecule has 0 saturated carbocycles. The second-order valence-corrected chi connectivity index (χ2v) is 6.02. The quantitative estimate of drug-likeness (QED) is 0.513. The van der Waals surface area contributed by atoms with Gasteiger partial charge >= 0.3 is 5.97 Å². The van der Waals surface area contributed by atoms with Gasteiger partial charge in [0.05, 0.1) is 11.5 Å². The molecule has 1 fully saturated rings. The van der Waals surface area contributed by atoms with Crippen molar-refractivity contribution in [2.45, 2.75) is 78.2 Å². The summed E-state index contributed by atoms with van der Waals surface area (Å²) in [6.45, 7) is 8.13. The lowest BCUT2D eigenvalue weighted by atomic mass is 9.82. The highest BCUT2D eigenvalue weighted by atomic mass is 16.5. The molecule has 2 atom stereocenters. The van der Waals surface area contributed by atoms with Crippen molar-refractivity contribution >= 4 is 5.97 Å². The van der Waals surface area contributed by atoms with Crippen molar-refractivity contribution in [3.8, 4) is 0 Å². The van der Waals surface area contributed by atoms with E-state index in [9.17, 15) is 4.79 Å². The van der Waals surface area contributed by atoms with Gasteiger partial charge in [0, 0.05) is 6.54 Å². The van der Waals surface area contributed by atoms with E-state index >= 15 is 0 Å². The van der Waals surface area contributed by atoms with Crippen LogP contribution in [0.25, 0.3) is 0 Å². The van der Waals surface area contributed by atoms with Crippen LogP contribution in [0.1, 0.15) is 72.1 Å². The molecule has 1 aliphatic rings. The summed E-state index contributed by atoms with van der Waals surface area (Å²) in [5.41, 5.74) is -0.244. The van der Waals surface area contributed by atoms with Crippen LogP contribution in [-0.4, -0.2) is 25.2 Å². The minimum Gasteiger partial charge on any atom is -0.462 e. The molecule has 0 aromatic heterocycles. The van der Waals surface area contributed by atoms with Crippen LogP contribution in [0.15, 0.2) is 0 Å². The Morgan fingerprint density at radius 1 is 1.26 bits per heavy atom. The van der Waals surface area contributed by atoms with E-state index in [4.69, 9.17) is 4.74 Å². The molecular formula is C16H31NO2. The van der Waals surface area contributed by atoms with Gasteiger partial charge in [-0.15, -0.1) is 0 Å². The van der Waals surface area contributed by atoms with E-state index in [2.05, 4.69) is 19.2 Å². The van der Waals surface area contributed by atoms with Crippen LogP contribution in [0.3, 0.4) is 0 Å². The number of carbonyl (C=O) groups is 1. The fourth-order valence-corrected chi connectivity index (χ4v) is 2.94. The number of nitrogens with one attached hydrogen (secondary N) is 1. The molecule has 0 aromatic rings. The van der Waals surface area contributed by atoms with Gasteiger partial charge in [-0.3, -0.25) is 4.79 Å². The molecule has 1 heterocycles. The van der Waals surface area contributed by atoms with E-state index < -0.39 is 0 Å². The monoisotopic (exact) mass is 269 g/mol. The summed E-state index contributed by atoms with van der Waals surface area (Å²) in [4.78, 5) is 12.4. The zero-order chi connectivity index (χ0) is 14.1. The van der Waals surface area contributed by atoms with E-state index in [1.165, 1.54) is 25.7 Å². The highest BCUT2D eigenvalue weighted by Gasteiger charge is 2.42. The van der Waals surface area contributed by atoms with Crippen molar-refractivity contribution in [3.63, 3.8) is 0 Å². The van der Waals surface area contributed by atoms with E-state index in [1.54, 1.807) is 0 Å². The first-order chi connectivity index (χ1) is 9.14. The SMILES string of the molecule is CCCCCCC(C)OC(=O)C1(CCC)CCNC1. The average Bonchev–Trinajstić information content (AvgIpc) is 2.85. The lowest BCUT2D eigenvalue weighted by Crippen LogP contribution is -2.36. The van der Waals surface area contributed by atoms with Gasteiger partial charge in [-0.2, -0.15) is 0 Å². The van der Waals surface area contributed by atoms with Gasteiger partial charge in [0.1, 0.15) is 0 Å². The lowest BCUT2D eigenvalue weighted by Gasteiger charge is -2.27. The van der Waals surface area contributed by atoms with Gasteiger partial charge in [-0.25, -0.2) is 0 Å². The summed E-state index contributed by atoms with van der Waals surface area (Å²) in [5, 5.41) is 3.31. The minimum absolute atomic E-state index is 0.0299. The smallest absolute Gasteiger partial charge is 0.313 e. The third-order valence-electron chi connectivity index (χ3n) is 4.18. The van der Waals surface area contributed by atoms with Gasteiger partial charge in [0.2, 0.25) is 0 Å². The second kappa shape index (κ2) is 8.57. The molecule has 1 N–H and O–H groups in total. The van der Waals surface area contributed by atoms with Gasteiger partial charge < -0.3 is 10.1 Å². The number of unbranched alkanes of at least 4 members (excludes halogenated alkanes) is 3. The third kappa shape index (κ3) is 5.13. The zero-order valence-electron chi connectivity index (χ0n) is 13.0. The van der Waals surface area contributed by atoms with Crippen molar-refractivity contribution in [3.05, 3.63) is 0 Å². The Bertz CT molecular complexity index is 259.